The summed E-state index contributed by atoms with van der Waals surface area (Å²) in [7, 11) is 0. The van der Waals surface area contributed by atoms with Crippen LogP contribution in [0.5, 0.6) is 0 Å². The second kappa shape index (κ2) is 19.8. The fourth-order valence-corrected chi connectivity index (χ4v) is 5.57. The number of pyridine rings is 1. The third kappa shape index (κ3) is 10.9. The van der Waals surface area contributed by atoms with Gasteiger partial charge in [0, 0.05) is 18.3 Å². The van der Waals surface area contributed by atoms with Gasteiger partial charge in [0.25, 0.3) is 0 Å². The predicted molar refractivity (Wildman–Crippen MR) is 186 cm³/mol. The molecule has 3 aromatic carbocycles. The Kier molecular flexibility index (Phi) is 17.8. The summed E-state index contributed by atoms with van der Waals surface area (Å²) in [6.45, 7) is 18.0. The van der Waals surface area contributed by atoms with Gasteiger partial charge in [0.2, 0.25) is 0 Å². The Morgan fingerprint density at radius 1 is 0.609 bits per heavy atom. The Bertz CT molecular complexity index is 1510. The molecule has 1 heterocycles. The molecule has 0 aliphatic rings. The van der Waals surface area contributed by atoms with Gasteiger partial charge in [-0.2, -0.15) is 0 Å². The summed E-state index contributed by atoms with van der Waals surface area (Å²) in [4.78, 5) is 15.6. The van der Waals surface area contributed by atoms with Crippen molar-refractivity contribution >= 4 is 23.3 Å². The number of aryl methyl sites for hydroxylation is 1. The van der Waals surface area contributed by atoms with Gasteiger partial charge in [-0.25, -0.2) is 0 Å². The van der Waals surface area contributed by atoms with Crippen LogP contribution in [0.4, 0.5) is 11.4 Å². The number of rotatable bonds is 12. The molecule has 4 rings (SSSR count). The molecule has 6 heteroatoms. The molecule has 0 aliphatic carbocycles. The predicted octanol–water partition coefficient (Wildman–Crippen LogP) is 5.28. The van der Waals surface area contributed by atoms with Crippen molar-refractivity contribution in [1.82, 2.24) is 4.98 Å². The maximum absolute atomic E-state index is 5.44. The first-order chi connectivity index (χ1) is 20.7. The van der Waals surface area contributed by atoms with E-state index in [1.165, 1.54) is 27.8 Å². The second-order valence-corrected chi connectivity index (χ2v) is 12.8. The van der Waals surface area contributed by atoms with Gasteiger partial charge in [-0.05, 0) is 76.5 Å². The van der Waals surface area contributed by atoms with E-state index in [-0.39, 0.29) is 41.9 Å². The van der Waals surface area contributed by atoms with E-state index in [1.54, 1.807) is 0 Å². The number of benzene rings is 3. The van der Waals surface area contributed by atoms with Crippen molar-refractivity contribution in [1.29, 1.82) is 0 Å². The van der Waals surface area contributed by atoms with Crippen molar-refractivity contribution in [3.8, 4) is 0 Å². The summed E-state index contributed by atoms with van der Waals surface area (Å²) in [5.41, 5.74) is 11.7. The minimum atomic E-state index is 0. The van der Waals surface area contributed by atoms with Gasteiger partial charge in [-0.15, -0.1) is 0 Å². The van der Waals surface area contributed by atoms with Crippen molar-refractivity contribution in [2.45, 2.75) is 98.3 Å². The summed E-state index contributed by atoms with van der Waals surface area (Å²) in [6, 6.07) is 30.2. The molecular formula is C40H49Cl2FeN3. The molecule has 246 valence electrons. The van der Waals surface area contributed by atoms with Crippen LogP contribution in [0.3, 0.4) is 0 Å². The van der Waals surface area contributed by atoms with Gasteiger partial charge >= 0.3 is 17.1 Å². The molecule has 0 atom stereocenters. The zero-order valence-corrected chi connectivity index (χ0v) is 31.2. The van der Waals surface area contributed by atoms with Crippen LogP contribution in [0.1, 0.15) is 125 Å². The maximum Gasteiger partial charge on any atom is 2.00 e. The Morgan fingerprint density at radius 3 is 1.59 bits per heavy atom. The standard InChI is InChI=1S/C40H49N3.2ClH.Fe/c1-27(2)33-18-13-19-34(28(3)4)39(33)41-26-25-32-17-12-22-37(42-32)38(24-23-31-15-10-9-11-16-31)43-40-35(29(5)6)20-14-21-36(40)30(7)8;;;/h9-22,26-30H,23-25H2,1-8H3;2*1H;/q;;;+2/p-2. The first-order valence-corrected chi connectivity index (χ1v) is 16.0. The van der Waals surface area contributed by atoms with Gasteiger partial charge in [0.05, 0.1) is 22.8 Å². The number of aliphatic imine (C=N–C) groups is 2. The molecular weight excluding hydrogens is 649 g/mol. The first kappa shape index (κ1) is 41.3. The molecule has 0 fully saturated rings. The zero-order valence-electron chi connectivity index (χ0n) is 28.5. The second-order valence-electron chi connectivity index (χ2n) is 12.8. The number of aromatic nitrogens is 1. The van der Waals surface area contributed by atoms with Crippen LogP contribution in [0.15, 0.2) is 94.9 Å². The van der Waals surface area contributed by atoms with E-state index in [4.69, 9.17) is 15.0 Å². The van der Waals surface area contributed by atoms with E-state index < -0.39 is 0 Å². The number of nitrogens with zero attached hydrogens (tertiary/aromatic N) is 3. The number of hydrogen-bond donors (Lipinski definition) is 0. The molecule has 1 aromatic heterocycles. The van der Waals surface area contributed by atoms with Gasteiger partial charge in [-0.3, -0.25) is 15.0 Å². The van der Waals surface area contributed by atoms with E-state index >= 15 is 0 Å². The molecule has 0 saturated carbocycles. The van der Waals surface area contributed by atoms with Crippen LogP contribution in [0, 0.1) is 0 Å². The van der Waals surface area contributed by atoms with Crippen molar-refractivity contribution in [3.63, 3.8) is 0 Å². The third-order valence-corrected chi connectivity index (χ3v) is 8.05. The molecule has 46 heavy (non-hydrogen) atoms. The van der Waals surface area contributed by atoms with Crippen LogP contribution in [0.2, 0.25) is 0 Å². The quantitative estimate of drug-likeness (QED) is 0.147. The van der Waals surface area contributed by atoms with E-state index in [0.29, 0.717) is 30.1 Å². The van der Waals surface area contributed by atoms with E-state index in [0.717, 1.165) is 41.3 Å². The average Bonchev–Trinajstić information content (AvgIpc) is 2.99. The molecule has 0 aliphatic heterocycles. The maximum atomic E-state index is 5.44. The Morgan fingerprint density at radius 2 is 1.09 bits per heavy atom. The zero-order chi connectivity index (χ0) is 30.9. The van der Waals surface area contributed by atoms with Crippen LogP contribution >= 0.6 is 0 Å². The molecule has 0 amide bonds. The fourth-order valence-electron chi connectivity index (χ4n) is 5.57. The summed E-state index contributed by atoms with van der Waals surface area (Å²) >= 11 is 0. The fraction of sp³-hybridized carbons (Fsp3) is 0.375. The Labute approximate surface area is 301 Å². The number of hydrogen-bond acceptors (Lipinski definition) is 3. The number of para-hydroxylation sites is 2. The monoisotopic (exact) mass is 697 g/mol. The third-order valence-electron chi connectivity index (χ3n) is 8.05. The van der Waals surface area contributed by atoms with Crippen molar-refractivity contribution in [2.24, 2.45) is 9.98 Å². The van der Waals surface area contributed by atoms with Gasteiger partial charge in [0.1, 0.15) is 0 Å². The Hall–Kier alpha value is -2.75. The summed E-state index contributed by atoms with van der Waals surface area (Å²) in [5, 5.41) is 0. The minimum Gasteiger partial charge on any atom is -1.00 e. The molecule has 0 spiro atoms. The normalized spacial score (nSPS) is 11.6. The first-order valence-electron chi connectivity index (χ1n) is 16.0. The van der Waals surface area contributed by atoms with Crippen molar-refractivity contribution in [2.75, 3.05) is 0 Å². The number of halogens is 2. The largest absolute Gasteiger partial charge is 2.00 e. The average molecular weight is 699 g/mol. The smallest absolute Gasteiger partial charge is 1.00 e. The molecule has 0 N–H and O–H groups in total. The summed E-state index contributed by atoms with van der Waals surface area (Å²) in [6.07, 6.45) is 4.43. The van der Waals surface area contributed by atoms with E-state index in [1.807, 2.05) is 6.21 Å². The summed E-state index contributed by atoms with van der Waals surface area (Å²) in [5.74, 6) is 1.60. The molecule has 0 saturated heterocycles. The SMILES string of the molecule is CC(C)c1cccc(C(C)C)c1N=CCc1cccc(C(CCc2ccccc2)=Nc2c(C(C)C)cccc2C(C)C)n1.[Cl-].[Cl-].[Fe+2]. The van der Waals surface area contributed by atoms with Crippen molar-refractivity contribution < 1.29 is 41.9 Å². The molecule has 0 radical (unpaired) electrons. The van der Waals surface area contributed by atoms with Crippen LogP contribution in [-0.4, -0.2) is 16.9 Å². The topological polar surface area (TPSA) is 37.6 Å². The Balaban J connectivity index is 0.00000353. The molecule has 3 nitrogen and oxygen atoms in total. The van der Waals surface area contributed by atoms with Crippen LogP contribution in [-0.2, 0) is 29.9 Å². The van der Waals surface area contributed by atoms with Crippen molar-refractivity contribution in [3.05, 3.63) is 124 Å². The summed E-state index contributed by atoms with van der Waals surface area (Å²) < 4.78 is 0. The molecule has 0 unspecified atom stereocenters. The van der Waals surface area contributed by atoms with Crippen LogP contribution in [0.25, 0.3) is 0 Å². The minimum absolute atomic E-state index is 0. The van der Waals surface area contributed by atoms with Gasteiger partial charge in [-0.1, -0.05) is 128 Å². The van der Waals surface area contributed by atoms with E-state index in [2.05, 4.69) is 140 Å². The van der Waals surface area contributed by atoms with Gasteiger partial charge < -0.3 is 24.8 Å². The molecule has 4 aromatic rings. The van der Waals surface area contributed by atoms with Gasteiger partial charge in [0.15, 0.2) is 0 Å². The van der Waals surface area contributed by atoms with Crippen LogP contribution < -0.4 is 24.8 Å². The van der Waals surface area contributed by atoms with E-state index in [9.17, 15) is 0 Å². The molecule has 0 bridgehead atoms.